The molecule has 156 valence electrons. The zero-order valence-electron chi connectivity index (χ0n) is 17.9. The highest BCUT2D eigenvalue weighted by molar-refractivity contribution is 6.51. The third-order valence-corrected chi connectivity index (χ3v) is 5.52. The number of carbonyl (C=O) groups excluding carboxylic acids is 3. The Labute approximate surface area is 170 Å². The topological polar surface area (TPSA) is 123 Å². The highest BCUT2D eigenvalue weighted by atomic mass is 16.3. The first kappa shape index (κ1) is 22.4. The Morgan fingerprint density at radius 2 is 1.90 bits per heavy atom. The molecule has 8 heteroatoms. The zero-order valence-corrected chi connectivity index (χ0v) is 17.9. The number of hydrogen-bond donors (Lipinski definition) is 3. The molecule has 0 bridgehead atoms. The molecule has 29 heavy (non-hydrogen) atoms. The number of carbonyl (C=O) groups is 3. The van der Waals surface area contributed by atoms with E-state index in [0.29, 0.717) is 0 Å². The molecule has 0 heterocycles. The Balaban J connectivity index is 2.44. The number of phenols is 1. The van der Waals surface area contributed by atoms with Crippen LogP contribution in [0, 0.1) is 16.7 Å². The van der Waals surface area contributed by atoms with Gasteiger partial charge in [0.05, 0.1) is 22.9 Å². The molecule has 1 fully saturated rings. The first-order valence-corrected chi connectivity index (χ1v) is 9.35. The largest absolute Gasteiger partial charge is 0.505 e. The first-order valence-electron chi connectivity index (χ1n) is 9.35. The minimum absolute atomic E-state index is 0.0489. The minimum atomic E-state index is -1.32. The SMILES string of the molecule is C[C@H](NC1C(=O)C(=O)[C@]1(C)Nc1cc(C#N)cc(C(=O)N(C)C)c1O)C(C)(C)C. The summed E-state index contributed by atoms with van der Waals surface area (Å²) in [6.45, 7) is 9.54. The van der Waals surface area contributed by atoms with E-state index in [1.165, 1.54) is 31.1 Å². The first-order chi connectivity index (χ1) is 13.2. The van der Waals surface area contributed by atoms with Crippen molar-refractivity contribution in [3.05, 3.63) is 23.3 Å². The summed E-state index contributed by atoms with van der Waals surface area (Å²) in [6, 6.07) is 3.71. The van der Waals surface area contributed by atoms with Gasteiger partial charge in [-0.3, -0.25) is 14.4 Å². The average molecular weight is 400 g/mol. The zero-order chi connectivity index (χ0) is 22.3. The van der Waals surface area contributed by atoms with Crippen molar-refractivity contribution in [1.82, 2.24) is 10.2 Å². The van der Waals surface area contributed by atoms with Crippen LogP contribution in [0.3, 0.4) is 0 Å². The summed E-state index contributed by atoms with van der Waals surface area (Å²) in [5.41, 5.74) is -1.34. The van der Waals surface area contributed by atoms with Crippen molar-refractivity contribution in [3.8, 4) is 11.8 Å². The Hall–Kier alpha value is -2.92. The molecular formula is C21H28N4O4. The van der Waals surface area contributed by atoms with Gasteiger partial charge in [-0.05, 0) is 31.4 Å². The monoisotopic (exact) mass is 400 g/mol. The summed E-state index contributed by atoms with van der Waals surface area (Å²) in [5, 5.41) is 26.0. The smallest absolute Gasteiger partial charge is 0.257 e. The lowest BCUT2D eigenvalue weighted by Crippen LogP contribution is -2.76. The molecule has 1 aromatic rings. The summed E-state index contributed by atoms with van der Waals surface area (Å²) < 4.78 is 0. The number of nitriles is 1. The van der Waals surface area contributed by atoms with Gasteiger partial charge < -0.3 is 20.6 Å². The van der Waals surface area contributed by atoms with Gasteiger partial charge in [0.1, 0.15) is 11.6 Å². The van der Waals surface area contributed by atoms with Gasteiger partial charge in [-0.25, -0.2) is 0 Å². The molecule has 8 nitrogen and oxygen atoms in total. The van der Waals surface area contributed by atoms with Gasteiger partial charge in [-0.2, -0.15) is 5.26 Å². The van der Waals surface area contributed by atoms with Crippen LogP contribution in [0.15, 0.2) is 12.1 Å². The molecule has 1 amide bonds. The maximum atomic E-state index is 12.4. The van der Waals surface area contributed by atoms with Crippen molar-refractivity contribution >= 4 is 23.2 Å². The molecule has 0 spiro atoms. The predicted octanol–water partition coefficient (Wildman–Crippen LogP) is 1.68. The van der Waals surface area contributed by atoms with Crippen LogP contribution >= 0.6 is 0 Å². The van der Waals surface area contributed by atoms with Gasteiger partial charge in [-0.15, -0.1) is 0 Å². The Morgan fingerprint density at radius 1 is 1.31 bits per heavy atom. The van der Waals surface area contributed by atoms with Crippen LogP contribution in [0.1, 0.15) is 50.5 Å². The number of phenolic OH excluding ortho intramolecular Hbond substituents is 1. The van der Waals surface area contributed by atoms with Crippen molar-refractivity contribution in [3.63, 3.8) is 0 Å². The number of ketones is 2. The number of benzene rings is 1. The molecule has 1 aliphatic rings. The lowest BCUT2D eigenvalue weighted by molar-refractivity contribution is -0.150. The second-order valence-electron chi connectivity index (χ2n) is 8.94. The molecule has 3 atom stereocenters. The molecule has 2 rings (SSSR count). The average Bonchev–Trinajstić information content (AvgIpc) is 2.64. The Morgan fingerprint density at radius 3 is 2.38 bits per heavy atom. The van der Waals surface area contributed by atoms with Gasteiger partial charge in [0.15, 0.2) is 5.75 Å². The van der Waals surface area contributed by atoms with Crippen molar-refractivity contribution in [2.45, 2.75) is 52.2 Å². The number of anilines is 1. The van der Waals surface area contributed by atoms with Crippen LogP contribution in [-0.2, 0) is 9.59 Å². The second kappa shape index (κ2) is 7.48. The van der Waals surface area contributed by atoms with E-state index in [2.05, 4.69) is 10.6 Å². The lowest BCUT2D eigenvalue weighted by Gasteiger charge is -2.47. The van der Waals surface area contributed by atoms with Gasteiger partial charge in [0, 0.05) is 20.1 Å². The van der Waals surface area contributed by atoms with Crippen LogP contribution in [0.4, 0.5) is 5.69 Å². The summed E-state index contributed by atoms with van der Waals surface area (Å²) in [7, 11) is 3.05. The summed E-state index contributed by atoms with van der Waals surface area (Å²) >= 11 is 0. The van der Waals surface area contributed by atoms with E-state index < -0.39 is 29.1 Å². The molecule has 0 aliphatic heterocycles. The number of amides is 1. The minimum Gasteiger partial charge on any atom is -0.505 e. The van der Waals surface area contributed by atoms with E-state index in [4.69, 9.17) is 0 Å². The van der Waals surface area contributed by atoms with Gasteiger partial charge in [0.2, 0.25) is 11.6 Å². The Bertz CT molecular complexity index is 910. The molecule has 1 unspecified atom stereocenters. The fourth-order valence-electron chi connectivity index (χ4n) is 3.05. The van der Waals surface area contributed by atoms with E-state index in [1.807, 2.05) is 33.8 Å². The van der Waals surface area contributed by atoms with Crippen molar-refractivity contribution in [2.24, 2.45) is 5.41 Å². The van der Waals surface area contributed by atoms with E-state index >= 15 is 0 Å². The molecule has 0 saturated heterocycles. The lowest BCUT2D eigenvalue weighted by atomic mass is 9.69. The molecule has 1 aromatic carbocycles. The number of hydrogen-bond acceptors (Lipinski definition) is 7. The maximum absolute atomic E-state index is 12.4. The van der Waals surface area contributed by atoms with Crippen LogP contribution in [0.5, 0.6) is 5.75 Å². The van der Waals surface area contributed by atoms with E-state index in [0.717, 1.165) is 0 Å². The summed E-state index contributed by atoms with van der Waals surface area (Å²) in [6.07, 6.45) is 0. The normalized spacial score (nSPS) is 22.5. The number of rotatable bonds is 5. The number of aromatic hydroxyl groups is 1. The molecule has 1 aliphatic carbocycles. The Kier molecular flexibility index (Phi) is 5.77. The van der Waals surface area contributed by atoms with E-state index in [-0.39, 0.29) is 34.0 Å². The van der Waals surface area contributed by atoms with Gasteiger partial charge in [-0.1, -0.05) is 20.8 Å². The standard InChI is InChI=1S/C21H28N4O4/c1-11(20(2,3)4)23-17-16(27)18(28)21(17,5)24-14-9-12(10-22)8-13(15(14)26)19(29)25(6)7/h8-9,11,17,23-24,26H,1-7H3/t11-,17?,21+/m0/s1. The number of Topliss-reactive ketones (excluding diaryl/α,β-unsaturated/α-hetero) is 2. The van der Waals surface area contributed by atoms with Crippen LogP contribution in [0.25, 0.3) is 0 Å². The molecule has 3 N–H and O–H groups in total. The number of nitrogens with zero attached hydrogens (tertiary/aromatic N) is 2. The number of nitrogens with one attached hydrogen (secondary N) is 2. The highest BCUT2D eigenvalue weighted by Gasteiger charge is 2.60. The van der Waals surface area contributed by atoms with Crippen LogP contribution in [-0.4, -0.2) is 59.2 Å². The fraction of sp³-hybridized carbons (Fsp3) is 0.524. The summed E-state index contributed by atoms with van der Waals surface area (Å²) in [5.74, 6) is -2.03. The van der Waals surface area contributed by atoms with Crippen LogP contribution in [0.2, 0.25) is 0 Å². The van der Waals surface area contributed by atoms with Gasteiger partial charge in [0.25, 0.3) is 5.91 Å². The maximum Gasteiger partial charge on any atom is 0.257 e. The van der Waals surface area contributed by atoms with Crippen molar-refractivity contribution in [1.29, 1.82) is 5.26 Å². The van der Waals surface area contributed by atoms with E-state index in [9.17, 15) is 24.8 Å². The second-order valence-corrected chi connectivity index (χ2v) is 8.94. The third-order valence-electron chi connectivity index (χ3n) is 5.52. The van der Waals surface area contributed by atoms with Crippen molar-refractivity contribution < 1.29 is 19.5 Å². The fourth-order valence-corrected chi connectivity index (χ4v) is 3.05. The molecule has 0 aromatic heterocycles. The quantitative estimate of drug-likeness (QED) is 0.508. The summed E-state index contributed by atoms with van der Waals surface area (Å²) in [4.78, 5) is 38.4. The molecule has 0 radical (unpaired) electrons. The van der Waals surface area contributed by atoms with Gasteiger partial charge >= 0.3 is 0 Å². The molecular weight excluding hydrogens is 372 g/mol. The molecule has 1 saturated carbocycles. The predicted molar refractivity (Wildman–Crippen MR) is 109 cm³/mol. The third kappa shape index (κ3) is 3.96. The highest BCUT2D eigenvalue weighted by Crippen LogP contribution is 2.37. The van der Waals surface area contributed by atoms with Crippen LogP contribution < -0.4 is 10.6 Å². The van der Waals surface area contributed by atoms with Crippen molar-refractivity contribution in [2.75, 3.05) is 19.4 Å². The van der Waals surface area contributed by atoms with E-state index in [1.54, 1.807) is 6.92 Å².